The predicted molar refractivity (Wildman–Crippen MR) is 33.3 cm³/mol. The van der Waals surface area contributed by atoms with E-state index < -0.39 is 17.7 Å². The molecule has 0 nitrogen and oxygen atoms in total. The van der Waals surface area contributed by atoms with Crippen molar-refractivity contribution < 1.29 is 17.6 Å². The summed E-state index contributed by atoms with van der Waals surface area (Å²) in [6.07, 6.45) is -4.75. The highest BCUT2D eigenvalue weighted by Crippen LogP contribution is 2.36. The minimum atomic E-state index is -4.75. The van der Waals surface area contributed by atoms with Crippen molar-refractivity contribution in [2.24, 2.45) is 5.92 Å². The number of hydrogen-bond acceptors (Lipinski definition) is 0. The van der Waals surface area contributed by atoms with Crippen LogP contribution in [-0.4, -0.2) is 19.6 Å². The number of alkyl halides is 4. The lowest BCUT2D eigenvalue weighted by Crippen LogP contribution is -2.45. The lowest BCUT2D eigenvalue weighted by Gasteiger charge is -2.27. The first kappa shape index (κ1) is 9.78. The van der Waals surface area contributed by atoms with Gasteiger partial charge in [-0.25, -0.2) is 4.39 Å². The quantitative estimate of drug-likeness (QED) is 0.398. The third-order valence-electron chi connectivity index (χ3n) is 1.64. The van der Waals surface area contributed by atoms with Crippen LogP contribution >= 0.6 is 0 Å². The van der Waals surface area contributed by atoms with E-state index in [1.54, 1.807) is 0 Å². The van der Waals surface area contributed by atoms with Gasteiger partial charge in [0.1, 0.15) is 0 Å². The minimum Gasteiger partial charge on any atom is -0.244 e. The van der Waals surface area contributed by atoms with E-state index in [2.05, 4.69) is 0 Å². The summed E-state index contributed by atoms with van der Waals surface area (Å²) in [7, 11) is 0.553. The third-order valence-corrected chi connectivity index (χ3v) is 1.64. The molecule has 0 saturated carbocycles. The molecule has 60 valence electrons. The second-order valence-corrected chi connectivity index (χ2v) is 2.73. The van der Waals surface area contributed by atoms with Gasteiger partial charge >= 0.3 is 6.18 Å². The van der Waals surface area contributed by atoms with Crippen LogP contribution in [0.5, 0.6) is 0 Å². The molecule has 1 unspecified atom stereocenters. The van der Waals surface area contributed by atoms with Gasteiger partial charge in [0.05, 0.1) is 0 Å². The van der Waals surface area contributed by atoms with E-state index in [1.807, 2.05) is 0 Å². The highest BCUT2D eigenvalue weighted by molar-refractivity contribution is 6.15. The van der Waals surface area contributed by atoms with Gasteiger partial charge in [0.25, 0.3) is 0 Å². The van der Waals surface area contributed by atoms with Crippen molar-refractivity contribution in [1.82, 2.24) is 0 Å². The second kappa shape index (κ2) is 2.44. The van der Waals surface area contributed by atoms with Crippen LogP contribution in [0.15, 0.2) is 0 Å². The van der Waals surface area contributed by atoms with E-state index in [9.17, 15) is 17.6 Å². The molecule has 0 amide bonds. The van der Waals surface area contributed by atoms with Crippen molar-refractivity contribution in [2.45, 2.75) is 25.6 Å². The fourth-order valence-electron chi connectivity index (χ4n) is 0.327. The van der Waals surface area contributed by atoms with Crippen molar-refractivity contribution in [1.29, 1.82) is 0 Å². The van der Waals surface area contributed by atoms with Gasteiger partial charge in [-0.15, -0.1) is 0 Å². The van der Waals surface area contributed by atoms with E-state index in [0.717, 1.165) is 0 Å². The molecule has 0 saturated heterocycles. The first-order valence-electron chi connectivity index (χ1n) is 2.95. The summed E-state index contributed by atoms with van der Waals surface area (Å²) in [5.41, 5.74) is -3.06. The van der Waals surface area contributed by atoms with Gasteiger partial charge in [0.2, 0.25) is 0 Å². The molecule has 0 aromatic carbocycles. The van der Waals surface area contributed by atoms with Crippen molar-refractivity contribution in [3.05, 3.63) is 0 Å². The van der Waals surface area contributed by atoms with Crippen LogP contribution < -0.4 is 0 Å². The standard InChI is InChI=1S/C5H9BF4/c1-3(2)4(6,7)5(8,9)10/h3H,6H2,1-2H3. The van der Waals surface area contributed by atoms with E-state index >= 15 is 0 Å². The monoisotopic (exact) mass is 156 g/mol. The van der Waals surface area contributed by atoms with Gasteiger partial charge < -0.3 is 0 Å². The topological polar surface area (TPSA) is 0 Å². The van der Waals surface area contributed by atoms with Crippen LogP contribution in [0.2, 0.25) is 0 Å². The van der Waals surface area contributed by atoms with Crippen molar-refractivity contribution in [3.63, 3.8) is 0 Å². The Morgan fingerprint density at radius 3 is 1.40 bits per heavy atom. The number of halogens is 4. The molecule has 0 spiro atoms. The Morgan fingerprint density at radius 1 is 1.10 bits per heavy atom. The van der Waals surface area contributed by atoms with Crippen LogP contribution in [0, 0.1) is 5.92 Å². The van der Waals surface area contributed by atoms with Crippen molar-refractivity contribution >= 4 is 7.85 Å². The highest BCUT2D eigenvalue weighted by atomic mass is 19.4. The van der Waals surface area contributed by atoms with Gasteiger partial charge in [-0.05, 0) is 5.92 Å². The Kier molecular flexibility index (Phi) is 2.38. The molecule has 1 atom stereocenters. The van der Waals surface area contributed by atoms with Crippen LogP contribution in [0.25, 0.3) is 0 Å². The molecule has 0 rings (SSSR count). The smallest absolute Gasteiger partial charge is 0.244 e. The third kappa shape index (κ3) is 1.64. The Balaban J connectivity index is 4.40. The molecule has 0 radical (unpaired) electrons. The van der Waals surface area contributed by atoms with Gasteiger partial charge in [-0.3, -0.25) is 0 Å². The molecule has 0 aliphatic heterocycles. The zero-order valence-electron chi connectivity index (χ0n) is 6.09. The molecule has 0 aliphatic carbocycles. The molecular weight excluding hydrogens is 147 g/mol. The maximum Gasteiger partial charge on any atom is 0.414 e. The summed E-state index contributed by atoms with van der Waals surface area (Å²) in [6, 6.07) is 0. The van der Waals surface area contributed by atoms with Crippen LogP contribution in [0.3, 0.4) is 0 Å². The van der Waals surface area contributed by atoms with E-state index in [0.29, 0.717) is 7.85 Å². The van der Waals surface area contributed by atoms with Gasteiger partial charge in [-0.2, -0.15) is 13.2 Å². The maximum absolute atomic E-state index is 12.6. The predicted octanol–water partition coefficient (Wildman–Crippen LogP) is 1.50. The molecule has 0 heterocycles. The molecule has 0 aliphatic rings. The number of rotatable bonds is 1. The molecule has 0 bridgehead atoms. The van der Waals surface area contributed by atoms with Crippen molar-refractivity contribution in [3.8, 4) is 0 Å². The lowest BCUT2D eigenvalue weighted by molar-refractivity contribution is -0.210. The lowest BCUT2D eigenvalue weighted by atomic mass is 9.74. The van der Waals surface area contributed by atoms with Gasteiger partial charge in [0.15, 0.2) is 13.4 Å². The van der Waals surface area contributed by atoms with Gasteiger partial charge in [0, 0.05) is 0 Å². The zero-order valence-corrected chi connectivity index (χ0v) is 6.09. The Morgan fingerprint density at radius 2 is 1.40 bits per heavy atom. The highest BCUT2D eigenvalue weighted by Gasteiger charge is 2.53. The largest absolute Gasteiger partial charge is 0.414 e. The molecule has 0 aromatic heterocycles. The molecule has 0 N–H and O–H groups in total. The maximum atomic E-state index is 12.6. The Hall–Kier alpha value is -0.215. The fourth-order valence-corrected chi connectivity index (χ4v) is 0.327. The fraction of sp³-hybridized carbons (Fsp3) is 1.00. The van der Waals surface area contributed by atoms with Crippen LogP contribution in [0.1, 0.15) is 13.8 Å². The van der Waals surface area contributed by atoms with E-state index in [4.69, 9.17) is 0 Å². The van der Waals surface area contributed by atoms with Crippen LogP contribution in [0.4, 0.5) is 17.6 Å². The molecular formula is C5H9BF4. The van der Waals surface area contributed by atoms with Gasteiger partial charge in [-0.1, -0.05) is 13.8 Å². The molecule has 0 fully saturated rings. The van der Waals surface area contributed by atoms with E-state index in [1.165, 1.54) is 13.8 Å². The number of hydrogen-bond donors (Lipinski definition) is 0. The van der Waals surface area contributed by atoms with Crippen molar-refractivity contribution in [2.75, 3.05) is 0 Å². The summed E-state index contributed by atoms with van der Waals surface area (Å²) in [5, 5.41) is 0. The normalized spacial score (nSPS) is 19.1. The average Bonchev–Trinajstić information content (AvgIpc) is 1.62. The average molecular weight is 156 g/mol. The first-order valence-corrected chi connectivity index (χ1v) is 2.95. The Labute approximate surface area is 58.0 Å². The Bertz CT molecular complexity index is 115. The summed E-state index contributed by atoms with van der Waals surface area (Å²) >= 11 is 0. The summed E-state index contributed by atoms with van der Waals surface area (Å²) in [4.78, 5) is 0. The summed E-state index contributed by atoms with van der Waals surface area (Å²) in [5.74, 6) is -1.03. The second-order valence-electron chi connectivity index (χ2n) is 2.73. The first-order chi connectivity index (χ1) is 4.19. The minimum absolute atomic E-state index is 0.553. The zero-order chi connectivity index (χ0) is 8.58. The molecule has 0 aromatic rings. The molecule has 5 heteroatoms. The summed E-state index contributed by atoms with van der Waals surface area (Å²) < 4.78 is 47.7. The molecule has 10 heavy (non-hydrogen) atoms. The summed E-state index contributed by atoms with van der Waals surface area (Å²) in [6.45, 7) is 2.40. The van der Waals surface area contributed by atoms with Crippen LogP contribution in [-0.2, 0) is 0 Å². The van der Waals surface area contributed by atoms with E-state index in [-0.39, 0.29) is 0 Å². The SMILES string of the molecule is BC(F)(C(C)C)C(F)(F)F.